The van der Waals surface area contributed by atoms with E-state index in [2.05, 4.69) is 16.2 Å². The molecule has 3 N–H and O–H groups in total. The number of nitrogens with one attached hydrogen (secondary N) is 1. The number of nitrogens with zero attached hydrogens (tertiary/aromatic N) is 2. The molecule has 0 aromatic carbocycles. The molecule has 1 aromatic rings. The average molecular weight is 220 g/mol. The number of aromatic nitrogens is 2. The number of nitrogens with two attached hydrogens (primary N) is 1. The van der Waals surface area contributed by atoms with Gasteiger partial charge in [-0.3, -0.25) is 4.79 Å². The number of rotatable bonds is 5. The van der Waals surface area contributed by atoms with Gasteiger partial charge in [-0.1, -0.05) is 0 Å². The predicted octanol–water partition coefficient (Wildman–Crippen LogP) is -0.262. The van der Waals surface area contributed by atoms with Crippen molar-refractivity contribution >= 4 is 5.91 Å². The van der Waals surface area contributed by atoms with Crippen molar-refractivity contribution in [3.05, 3.63) is 18.7 Å². The number of hydrogen-bond acceptors (Lipinski definition) is 3. The molecular weight excluding hydrogens is 204 g/mol. The van der Waals surface area contributed by atoms with Gasteiger partial charge in [0.25, 0.3) is 0 Å². The second-order valence-corrected chi connectivity index (χ2v) is 3.68. The van der Waals surface area contributed by atoms with Crippen molar-refractivity contribution in [1.82, 2.24) is 14.9 Å². The molecule has 5 heteroatoms. The molecule has 0 radical (unpaired) electrons. The third-order valence-corrected chi connectivity index (χ3v) is 2.11. The molecule has 0 aliphatic rings. The lowest BCUT2D eigenvalue weighted by Gasteiger charge is -2.16. The van der Waals surface area contributed by atoms with Gasteiger partial charge in [0, 0.05) is 31.4 Å². The molecule has 5 nitrogen and oxygen atoms in total. The summed E-state index contributed by atoms with van der Waals surface area (Å²) >= 11 is 0. The maximum atomic E-state index is 11.5. The van der Waals surface area contributed by atoms with Crippen LogP contribution in [0.1, 0.15) is 13.3 Å². The van der Waals surface area contributed by atoms with Gasteiger partial charge in [0.05, 0.1) is 12.4 Å². The zero-order chi connectivity index (χ0) is 12.0. The zero-order valence-corrected chi connectivity index (χ0v) is 9.26. The lowest BCUT2D eigenvalue weighted by atomic mass is 10.2. The van der Waals surface area contributed by atoms with Crippen LogP contribution in [0.5, 0.6) is 0 Å². The first-order chi connectivity index (χ1) is 7.63. The summed E-state index contributed by atoms with van der Waals surface area (Å²) < 4.78 is 1.89. The summed E-state index contributed by atoms with van der Waals surface area (Å²) in [5.74, 6) is 2.15. The first-order valence-corrected chi connectivity index (χ1v) is 5.08. The van der Waals surface area contributed by atoms with Crippen LogP contribution in [-0.2, 0) is 11.3 Å². The van der Waals surface area contributed by atoms with Crippen molar-refractivity contribution in [2.75, 3.05) is 0 Å². The Morgan fingerprint density at radius 2 is 2.50 bits per heavy atom. The van der Waals surface area contributed by atoms with Crippen LogP contribution in [0, 0.1) is 12.3 Å². The molecule has 1 amide bonds. The molecule has 1 heterocycles. The molecule has 0 saturated carbocycles. The number of terminal acetylenes is 1. The molecule has 1 rings (SSSR count). The summed E-state index contributed by atoms with van der Waals surface area (Å²) in [7, 11) is 0. The van der Waals surface area contributed by atoms with Gasteiger partial charge in [-0.2, -0.15) is 0 Å². The van der Waals surface area contributed by atoms with Crippen molar-refractivity contribution in [3.8, 4) is 12.3 Å². The first-order valence-electron chi connectivity index (χ1n) is 5.08. The van der Waals surface area contributed by atoms with Gasteiger partial charge in [-0.25, -0.2) is 4.98 Å². The minimum atomic E-state index is -0.629. The molecule has 2 unspecified atom stereocenters. The Labute approximate surface area is 95.0 Å². The Kier molecular flexibility index (Phi) is 4.55. The van der Waals surface area contributed by atoms with E-state index in [0.717, 1.165) is 0 Å². The third-order valence-electron chi connectivity index (χ3n) is 2.11. The fourth-order valence-corrected chi connectivity index (χ4v) is 1.33. The van der Waals surface area contributed by atoms with E-state index < -0.39 is 6.04 Å². The molecule has 0 fully saturated rings. The van der Waals surface area contributed by atoms with E-state index in [-0.39, 0.29) is 18.4 Å². The Morgan fingerprint density at radius 1 is 1.75 bits per heavy atom. The fourth-order valence-electron chi connectivity index (χ4n) is 1.33. The molecule has 0 saturated heterocycles. The Morgan fingerprint density at radius 3 is 3.06 bits per heavy atom. The highest BCUT2D eigenvalue weighted by Crippen LogP contribution is 1.93. The maximum Gasteiger partial charge on any atom is 0.238 e. The van der Waals surface area contributed by atoms with Gasteiger partial charge in [0.15, 0.2) is 0 Å². The second kappa shape index (κ2) is 5.93. The minimum absolute atomic E-state index is 0.00877. The number of hydrogen-bond donors (Lipinski definition) is 2. The van der Waals surface area contributed by atoms with E-state index in [1.807, 2.05) is 17.7 Å². The van der Waals surface area contributed by atoms with E-state index in [1.54, 1.807) is 12.5 Å². The summed E-state index contributed by atoms with van der Waals surface area (Å²) in [5.41, 5.74) is 5.58. The van der Waals surface area contributed by atoms with Gasteiger partial charge < -0.3 is 15.6 Å². The van der Waals surface area contributed by atoms with Crippen LogP contribution < -0.4 is 11.1 Å². The van der Waals surface area contributed by atoms with E-state index in [1.165, 1.54) is 0 Å². The van der Waals surface area contributed by atoms with Gasteiger partial charge in [-0.05, 0) is 6.92 Å². The number of imidazole rings is 1. The molecule has 2 atom stereocenters. The van der Waals surface area contributed by atoms with Crippen LogP contribution in [0.4, 0.5) is 0 Å². The monoisotopic (exact) mass is 220 g/mol. The quantitative estimate of drug-likeness (QED) is 0.671. The lowest BCUT2D eigenvalue weighted by molar-refractivity contribution is -0.122. The fraction of sp³-hybridized carbons (Fsp3) is 0.455. The number of carbonyl (C=O) groups is 1. The Bertz CT molecular complexity index is 366. The van der Waals surface area contributed by atoms with Gasteiger partial charge in [0.2, 0.25) is 5.91 Å². The zero-order valence-electron chi connectivity index (χ0n) is 9.26. The first kappa shape index (κ1) is 12.3. The van der Waals surface area contributed by atoms with Gasteiger partial charge >= 0.3 is 0 Å². The molecule has 0 spiro atoms. The van der Waals surface area contributed by atoms with Crippen molar-refractivity contribution in [2.45, 2.75) is 32.0 Å². The normalized spacial score (nSPS) is 13.8. The van der Waals surface area contributed by atoms with Gasteiger partial charge in [0.1, 0.15) is 0 Å². The molecule has 0 bridgehead atoms. The van der Waals surface area contributed by atoms with Crippen LogP contribution in [0.25, 0.3) is 0 Å². The largest absolute Gasteiger partial charge is 0.350 e. The standard InChI is InChI=1S/C11H16N4O/c1-3-4-10(12)11(16)14-9(2)7-15-6-5-13-8-15/h1,5-6,8-10H,4,7,12H2,2H3,(H,14,16). The van der Waals surface area contributed by atoms with Crippen LogP contribution >= 0.6 is 0 Å². The summed E-state index contributed by atoms with van der Waals surface area (Å²) in [5, 5.41) is 2.79. The maximum absolute atomic E-state index is 11.5. The van der Waals surface area contributed by atoms with Gasteiger partial charge in [-0.15, -0.1) is 12.3 Å². The van der Waals surface area contributed by atoms with Crippen LogP contribution in [0.15, 0.2) is 18.7 Å². The SMILES string of the molecule is C#CCC(N)C(=O)NC(C)Cn1ccnc1. The Hall–Kier alpha value is -1.80. The highest BCUT2D eigenvalue weighted by molar-refractivity contribution is 5.82. The smallest absolute Gasteiger partial charge is 0.238 e. The molecule has 0 aliphatic carbocycles. The van der Waals surface area contributed by atoms with Crippen molar-refractivity contribution in [3.63, 3.8) is 0 Å². The third kappa shape index (κ3) is 3.75. The second-order valence-electron chi connectivity index (χ2n) is 3.68. The molecule has 1 aromatic heterocycles. The van der Waals surface area contributed by atoms with E-state index in [9.17, 15) is 4.79 Å². The number of amides is 1. The van der Waals surface area contributed by atoms with Crippen molar-refractivity contribution in [1.29, 1.82) is 0 Å². The van der Waals surface area contributed by atoms with Crippen molar-refractivity contribution < 1.29 is 4.79 Å². The van der Waals surface area contributed by atoms with E-state index in [4.69, 9.17) is 12.2 Å². The van der Waals surface area contributed by atoms with Crippen LogP contribution in [-0.4, -0.2) is 27.5 Å². The highest BCUT2D eigenvalue weighted by Gasteiger charge is 2.14. The summed E-state index contributed by atoms with van der Waals surface area (Å²) in [6.45, 7) is 2.56. The Balaban J connectivity index is 2.37. The lowest BCUT2D eigenvalue weighted by Crippen LogP contribution is -2.45. The van der Waals surface area contributed by atoms with Crippen molar-refractivity contribution in [2.24, 2.45) is 5.73 Å². The number of carbonyl (C=O) groups excluding carboxylic acids is 1. The molecule has 86 valence electrons. The summed E-state index contributed by atoms with van der Waals surface area (Å²) in [4.78, 5) is 15.4. The average Bonchev–Trinajstić information content (AvgIpc) is 2.70. The summed E-state index contributed by atoms with van der Waals surface area (Å²) in [6, 6.07) is -0.638. The van der Waals surface area contributed by atoms with E-state index in [0.29, 0.717) is 6.54 Å². The highest BCUT2D eigenvalue weighted by atomic mass is 16.2. The summed E-state index contributed by atoms with van der Waals surface area (Å²) in [6.07, 6.45) is 10.6. The van der Waals surface area contributed by atoms with E-state index >= 15 is 0 Å². The molecular formula is C11H16N4O. The topological polar surface area (TPSA) is 72.9 Å². The molecule has 0 aliphatic heterocycles. The molecule has 16 heavy (non-hydrogen) atoms. The minimum Gasteiger partial charge on any atom is -0.350 e. The van der Waals surface area contributed by atoms with Crippen LogP contribution in [0.3, 0.4) is 0 Å². The van der Waals surface area contributed by atoms with Crippen LogP contribution in [0.2, 0.25) is 0 Å². The predicted molar refractivity (Wildman–Crippen MR) is 61.3 cm³/mol.